The van der Waals surface area contributed by atoms with Crippen LogP contribution < -0.4 is 9.80 Å². The zero-order chi connectivity index (χ0) is 22.9. The maximum Gasteiger partial charge on any atom is 0.232 e. The highest BCUT2D eigenvalue weighted by molar-refractivity contribution is 6.06. The second kappa shape index (κ2) is 9.04. The molecular weight excluding hydrogens is 428 g/mol. The van der Waals surface area contributed by atoms with Gasteiger partial charge in [0, 0.05) is 56.6 Å². The minimum Gasteiger partial charge on any atom is -0.437 e. The van der Waals surface area contributed by atoms with E-state index in [1.165, 1.54) is 0 Å². The molecule has 0 N–H and O–H groups in total. The van der Waals surface area contributed by atoms with Crippen molar-refractivity contribution >= 4 is 22.7 Å². The number of likely N-dealkylation sites (N-methyl/N-ethyl adjacent to an activating group) is 1. The molecule has 2 saturated heterocycles. The van der Waals surface area contributed by atoms with Gasteiger partial charge in [-0.05, 0) is 24.7 Å². The molecule has 0 unspecified atom stereocenters. The van der Waals surface area contributed by atoms with Crippen LogP contribution in [0.2, 0.25) is 0 Å². The number of nitrogens with zero attached hydrogens (tertiary/aromatic N) is 6. The van der Waals surface area contributed by atoms with Gasteiger partial charge in [0.25, 0.3) is 0 Å². The summed E-state index contributed by atoms with van der Waals surface area (Å²) >= 11 is 0. The first-order valence-corrected chi connectivity index (χ1v) is 11.8. The Labute approximate surface area is 198 Å². The van der Waals surface area contributed by atoms with Gasteiger partial charge in [0.1, 0.15) is 23.7 Å². The average Bonchev–Trinajstić information content (AvgIpc) is 3.30. The largest absolute Gasteiger partial charge is 0.437 e. The van der Waals surface area contributed by atoms with Crippen LogP contribution >= 0.6 is 0 Å². The van der Waals surface area contributed by atoms with E-state index in [9.17, 15) is 0 Å². The highest BCUT2D eigenvalue weighted by Gasteiger charge is 2.26. The van der Waals surface area contributed by atoms with Gasteiger partial charge in [-0.3, -0.25) is 0 Å². The van der Waals surface area contributed by atoms with Crippen molar-refractivity contribution in [2.24, 2.45) is 0 Å². The lowest BCUT2D eigenvalue weighted by atomic mass is 10.00. The molecule has 6 rings (SSSR count). The summed E-state index contributed by atoms with van der Waals surface area (Å²) in [6.07, 6.45) is 3.50. The van der Waals surface area contributed by atoms with Crippen molar-refractivity contribution in [1.82, 2.24) is 19.9 Å². The number of piperazine rings is 1. The van der Waals surface area contributed by atoms with E-state index in [0.29, 0.717) is 18.9 Å². The molecular formula is C26H28N6O2. The smallest absolute Gasteiger partial charge is 0.232 e. The summed E-state index contributed by atoms with van der Waals surface area (Å²) in [6, 6.07) is 14.5. The summed E-state index contributed by atoms with van der Waals surface area (Å²) in [4.78, 5) is 20.9. The third-order valence-electron chi connectivity index (χ3n) is 6.68. The number of pyridine rings is 1. The van der Waals surface area contributed by atoms with Gasteiger partial charge >= 0.3 is 0 Å². The lowest BCUT2D eigenvalue weighted by Crippen LogP contribution is -2.44. The van der Waals surface area contributed by atoms with E-state index >= 15 is 0 Å². The van der Waals surface area contributed by atoms with Crippen molar-refractivity contribution in [2.75, 3.05) is 69.3 Å². The molecule has 0 aliphatic carbocycles. The molecule has 8 heteroatoms. The van der Waals surface area contributed by atoms with Gasteiger partial charge in [-0.15, -0.1) is 0 Å². The van der Waals surface area contributed by atoms with Crippen molar-refractivity contribution in [3.05, 3.63) is 55.0 Å². The first kappa shape index (κ1) is 21.1. The molecule has 4 aromatic rings. The lowest BCUT2D eigenvalue weighted by Gasteiger charge is -2.33. The Morgan fingerprint density at radius 2 is 1.56 bits per heavy atom. The Morgan fingerprint density at radius 3 is 2.29 bits per heavy atom. The number of rotatable bonds is 4. The van der Waals surface area contributed by atoms with E-state index < -0.39 is 0 Å². The monoisotopic (exact) mass is 456 g/mol. The summed E-state index contributed by atoms with van der Waals surface area (Å²) in [7, 11) is 2.16. The molecule has 8 nitrogen and oxygen atoms in total. The molecule has 3 aromatic heterocycles. The highest BCUT2D eigenvalue weighted by atomic mass is 16.5. The van der Waals surface area contributed by atoms with E-state index in [1.54, 1.807) is 6.33 Å². The van der Waals surface area contributed by atoms with E-state index in [1.807, 2.05) is 24.4 Å². The standard InChI is InChI=1S/C26H28N6O2/c1-30-9-11-31(12-10-30)21-8-7-20(17-27-21)24-22(19-5-3-2-4-6-19)23-25(28-18-29-26(23)34-24)32-13-15-33-16-14-32/h2-8,17-18H,9-16H2,1H3. The number of morpholine rings is 1. The fraction of sp³-hybridized carbons (Fsp3) is 0.346. The van der Waals surface area contributed by atoms with Crippen molar-refractivity contribution in [3.8, 4) is 22.5 Å². The molecule has 1 aromatic carbocycles. The zero-order valence-electron chi connectivity index (χ0n) is 19.4. The summed E-state index contributed by atoms with van der Waals surface area (Å²) in [5, 5.41) is 0.939. The first-order chi connectivity index (χ1) is 16.8. The quantitative estimate of drug-likeness (QED) is 0.462. The maximum absolute atomic E-state index is 6.40. The number of hydrogen-bond acceptors (Lipinski definition) is 8. The predicted octanol–water partition coefficient (Wildman–Crippen LogP) is 3.54. The summed E-state index contributed by atoms with van der Waals surface area (Å²) in [6.45, 7) is 7.04. The van der Waals surface area contributed by atoms with Crippen LogP contribution in [0.4, 0.5) is 11.6 Å². The van der Waals surface area contributed by atoms with Crippen molar-refractivity contribution in [3.63, 3.8) is 0 Å². The van der Waals surface area contributed by atoms with E-state index in [-0.39, 0.29) is 0 Å². The molecule has 0 bridgehead atoms. The predicted molar refractivity (Wildman–Crippen MR) is 133 cm³/mol. The van der Waals surface area contributed by atoms with Gasteiger partial charge in [0.05, 0.1) is 18.6 Å². The molecule has 0 saturated carbocycles. The van der Waals surface area contributed by atoms with E-state index in [2.05, 4.69) is 56.0 Å². The number of fused-ring (bicyclic) bond motifs is 1. The molecule has 0 spiro atoms. The van der Waals surface area contributed by atoms with E-state index in [4.69, 9.17) is 14.1 Å². The minimum atomic E-state index is 0.591. The van der Waals surface area contributed by atoms with Crippen LogP contribution in [-0.2, 0) is 4.74 Å². The van der Waals surface area contributed by atoms with Crippen LogP contribution in [0.5, 0.6) is 0 Å². The van der Waals surface area contributed by atoms with Crippen molar-refractivity contribution in [1.29, 1.82) is 0 Å². The maximum atomic E-state index is 6.40. The van der Waals surface area contributed by atoms with Crippen LogP contribution in [0, 0.1) is 0 Å². The molecule has 34 heavy (non-hydrogen) atoms. The number of anilines is 2. The van der Waals surface area contributed by atoms with Gasteiger partial charge < -0.3 is 23.9 Å². The average molecular weight is 457 g/mol. The third-order valence-corrected chi connectivity index (χ3v) is 6.68. The second-order valence-corrected chi connectivity index (χ2v) is 8.84. The molecule has 174 valence electrons. The molecule has 0 atom stereocenters. The number of benzene rings is 1. The van der Waals surface area contributed by atoms with Crippen LogP contribution in [0.25, 0.3) is 33.6 Å². The fourth-order valence-electron chi connectivity index (χ4n) is 4.76. The number of aromatic nitrogens is 3. The minimum absolute atomic E-state index is 0.591. The first-order valence-electron chi connectivity index (χ1n) is 11.8. The Bertz CT molecular complexity index is 1260. The van der Waals surface area contributed by atoms with Gasteiger partial charge in [0.2, 0.25) is 5.71 Å². The SMILES string of the molecule is CN1CCN(c2ccc(-c3oc4ncnc(N5CCOCC5)c4c3-c3ccccc3)cn2)CC1. The Balaban J connectivity index is 1.46. The molecule has 2 fully saturated rings. The molecule has 5 heterocycles. The second-order valence-electron chi connectivity index (χ2n) is 8.84. The van der Waals surface area contributed by atoms with Crippen LogP contribution in [0.15, 0.2) is 59.4 Å². The van der Waals surface area contributed by atoms with Gasteiger partial charge in [-0.2, -0.15) is 0 Å². The van der Waals surface area contributed by atoms with Gasteiger partial charge in [-0.25, -0.2) is 15.0 Å². The van der Waals surface area contributed by atoms with Crippen LogP contribution in [-0.4, -0.2) is 79.4 Å². The van der Waals surface area contributed by atoms with Crippen molar-refractivity contribution < 1.29 is 9.15 Å². The zero-order valence-corrected chi connectivity index (χ0v) is 19.4. The van der Waals surface area contributed by atoms with Crippen LogP contribution in [0.1, 0.15) is 0 Å². The van der Waals surface area contributed by atoms with Gasteiger partial charge in [-0.1, -0.05) is 30.3 Å². The Morgan fingerprint density at radius 1 is 0.765 bits per heavy atom. The number of ether oxygens (including phenoxy) is 1. The third kappa shape index (κ3) is 3.89. The van der Waals surface area contributed by atoms with E-state index in [0.717, 1.165) is 78.7 Å². The summed E-state index contributed by atoms with van der Waals surface area (Å²) < 4.78 is 12.0. The molecule has 2 aliphatic rings. The Hall–Kier alpha value is -3.49. The summed E-state index contributed by atoms with van der Waals surface area (Å²) in [5.41, 5.74) is 3.60. The number of hydrogen-bond donors (Lipinski definition) is 0. The molecule has 2 aliphatic heterocycles. The lowest BCUT2D eigenvalue weighted by molar-refractivity contribution is 0.122. The fourth-order valence-corrected chi connectivity index (χ4v) is 4.76. The number of furan rings is 1. The topological polar surface area (TPSA) is 70.8 Å². The summed E-state index contributed by atoms with van der Waals surface area (Å²) in [5.74, 6) is 2.67. The van der Waals surface area contributed by atoms with Crippen LogP contribution in [0.3, 0.4) is 0 Å². The molecule has 0 amide bonds. The molecule has 0 radical (unpaired) electrons. The van der Waals surface area contributed by atoms with Crippen molar-refractivity contribution in [2.45, 2.75) is 0 Å². The normalized spacial score (nSPS) is 17.4. The van der Waals surface area contributed by atoms with Gasteiger partial charge in [0.15, 0.2) is 0 Å². The Kier molecular flexibility index (Phi) is 5.60. The highest BCUT2D eigenvalue weighted by Crippen LogP contribution is 2.43.